The van der Waals surface area contributed by atoms with E-state index >= 15 is 0 Å². The van der Waals surface area contributed by atoms with E-state index in [1.165, 1.54) is 0 Å². The molecule has 0 spiro atoms. The fourth-order valence-corrected chi connectivity index (χ4v) is 4.61. The van der Waals surface area contributed by atoms with Crippen LogP contribution in [0.25, 0.3) is 0 Å². The van der Waals surface area contributed by atoms with Crippen LogP contribution in [0.15, 0.2) is 72.8 Å². The summed E-state index contributed by atoms with van der Waals surface area (Å²) in [7, 11) is 1.69. The quantitative estimate of drug-likeness (QED) is 0.421. The minimum atomic E-state index is -0.121. The van der Waals surface area contributed by atoms with Crippen LogP contribution in [0.1, 0.15) is 35.7 Å². The zero-order valence-corrected chi connectivity index (χ0v) is 21.7. The summed E-state index contributed by atoms with van der Waals surface area (Å²) in [6.07, 6.45) is 1.91. The van der Waals surface area contributed by atoms with Gasteiger partial charge in [-0.15, -0.1) is 0 Å². The normalized spacial score (nSPS) is 13.2. The van der Waals surface area contributed by atoms with Gasteiger partial charge in [-0.3, -0.25) is 9.59 Å². The van der Waals surface area contributed by atoms with Crippen LogP contribution in [0.2, 0.25) is 0 Å². The van der Waals surface area contributed by atoms with Gasteiger partial charge in [0, 0.05) is 50.5 Å². The maximum Gasteiger partial charge on any atom is 0.253 e. The molecule has 0 aromatic heterocycles. The van der Waals surface area contributed by atoms with Crippen LogP contribution in [0, 0.1) is 0 Å². The Hall–Kier alpha value is -4.00. The van der Waals surface area contributed by atoms with Gasteiger partial charge in [0.05, 0.1) is 18.4 Å². The largest absolute Gasteiger partial charge is 0.495 e. The lowest BCUT2D eigenvalue weighted by atomic mass is 10.1. The van der Waals surface area contributed by atoms with Crippen LogP contribution < -0.4 is 25.2 Å². The Morgan fingerprint density at radius 1 is 0.865 bits per heavy atom. The summed E-state index contributed by atoms with van der Waals surface area (Å²) < 4.78 is 5.54. The van der Waals surface area contributed by atoms with Gasteiger partial charge in [-0.05, 0) is 48.7 Å². The van der Waals surface area contributed by atoms with Gasteiger partial charge in [-0.1, -0.05) is 49.4 Å². The molecule has 3 aromatic carbocycles. The molecule has 4 rings (SSSR count). The van der Waals surface area contributed by atoms with Crippen LogP contribution in [0.4, 0.5) is 17.1 Å². The monoisotopic (exact) mass is 500 g/mol. The highest BCUT2D eigenvalue weighted by Crippen LogP contribution is 2.31. The van der Waals surface area contributed by atoms with Gasteiger partial charge < -0.3 is 25.2 Å². The van der Waals surface area contributed by atoms with E-state index in [0.717, 1.165) is 55.3 Å². The lowest BCUT2D eigenvalue weighted by molar-refractivity contribution is -0.116. The predicted octanol–water partition coefficient (Wildman–Crippen LogP) is 4.73. The Labute approximate surface area is 219 Å². The molecule has 1 saturated heterocycles. The highest BCUT2D eigenvalue weighted by atomic mass is 16.5. The molecule has 3 aromatic rings. The molecule has 1 aliphatic rings. The van der Waals surface area contributed by atoms with Gasteiger partial charge in [-0.25, -0.2) is 0 Å². The molecule has 2 N–H and O–H groups in total. The van der Waals surface area contributed by atoms with Crippen molar-refractivity contribution in [2.45, 2.75) is 26.2 Å². The summed E-state index contributed by atoms with van der Waals surface area (Å²) in [6, 6.07) is 23.6. The number of nitrogens with zero attached hydrogens (tertiary/aromatic N) is 2. The van der Waals surface area contributed by atoms with Crippen molar-refractivity contribution in [3.05, 3.63) is 83.9 Å². The summed E-state index contributed by atoms with van der Waals surface area (Å²) in [6.45, 7) is 5.81. The first-order valence-electron chi connectivity index (χ1n) is 13.0. The molecule has 1 aliphatic heterocycles. The average Bonchev–Trinajstić information content (AvgIpc) is 2.95. The Bertz CT molecular complexity index is 1190. The van der Waals surface area contributed by atoms with Crippen molar-refractivity contribution in [1.29, 1.82) is 0 Å². The second kappa shape index (κ2) is 12.8. The number of ether oxygens (including phenoxy) is 1. The minimum Gasteiger partial charge on any atom is -0.495 e. The van der Waals surface area contributed by atoms with Gasteiger partial charge in [0.25, 0.3) is 5.91 Å². The smallest absolute Gasteiger partial charge is 0.253 e. The minimum absolute atomic E-state index is 0.0676. The van der Waals surface area contributed by atoms with E-state index in [1.54, 1.807) is 13.2 Å². The molecule has 1 fully saturated rings. The molecule has 0 saturated carbocycles. The van der Waals surface area contributed by atoms with Crippen LogP contribution in [0.5, 0.6) is 5.75 Å². The number of hydrogen-bond donors (Lipinski definition) is 2. The van der Waals surface area contributed by atoms with Crippen LogP contribution in [-0.4, -0.2) is 51.6 Å². The molecule has 0 radical (unpaired) electrons. The number of rotatable bonds is 10. The lowest BCUT2D eigenvalue weighted by Gasteiger charge is -2.38. The number of nitrogens with one attached hydrogen (secondary N) is 2. The molecule has 2 amide bonds. The zero-order valence-electron chi connectivity index (χ0n) is 21.7. The summed E-state index contributed by atoms with van der Waals surface area (Å²) in [5, 5.41) is 5.98. The summed E-state index contributed by atoms with van der Waals surface area (Å²) in [5.41, 5.74) is 4.31. The molecule has 0 aliphatic carbocycles. The second-order valence-corrected chi connectivity index (χ2v) is 9.17. The average molecular weight is 501 g/mol. The third-order valence-corrected chi connectivity index (χ3v) is 6.59. The Morgan fingerprint density at radius 3 is 2.24 bits per heavy atom. The zero-order chi connectivity index (χ0) is 26.0. The lowest BCUT2D eigenvalue weighted by Crippen LogP contribution is -2.47. The number of carbonyl (C=O) groups is 2. The van der Waals surface area contributed by atoms with E-state index in [4.69, 9.17) is 4.74 Å². The van der Waals surface area contributed by atoms with Crippen molar-refractivity contribution in [2.75, 3.05) is 55.0 Å². The van der Waals surface area contributed by atoms with Crippen molar-refractivity contribution in [2.24, 2.45) is 0 Å². The standard InChI is InChI=1S/C30H36N4O3/c1-3-17-31-30(36)25-22-24(32-29(35)16-13-23-9-5-4-6-10-23)14-15-26(25)33-18-20-34(21-19-33)27-11-7-8-12-28(27)37-2/h4-12,14-15,22H,3,13,16-21H2,1-2H3,(H,31,36)(H,32,35). The molecule has 0 unspecified atom stereocenters. The summed E-state index contributed by atoms with van der Waals surface area (Å²) >= 11 is 0. The van der Waals surface area contributed by atoms with E-state index in [1.807, 2.05) is 67.6 Å². The SMILES string of the molecule is CCCNC(=O)c1cc(NC(=O)CCc2ccccc2)ccc1N1CCN(c2ccccc2OC)CC1. The molecule has 1 heterocycles. The first-order valence-corrected chi connectivity index (χ1v) is 13.0. The number of piperazine rings is 1. The van der Waals surface area contributed by atoms with Crippen molar-refractivity contribution < 1.29 is 14.3 Å². The number of amides is 2. The number of hydrogen-bond acceptors (Lipinski definition) is 5. The van der Waals surface area contributed by atoms with Crippen molar-refractivity contribution in [1.82, 2.24) is 5.32 Å². The first kappa shape index (κ1) is 26.1. The molecular weight excluding hydrogens is 464 g/mol. The van der Waals surface area contributed by atoms with Gasteiger partial charge in [0.15, 0.2) is 0 Å². The number of aryl methyl sites for hydroxylation is 1. The van der Waals surface area contributed by atoms with Crippen molar-refractivity contribution in [3.63, 3.8) is 0 Å². The molecule has 37 heavy (non-hydrogen) atoms. The maximum absolute atomic E-state index is 13.1. The van der Waals surface area contributed by atoms with E-state index in [9.17, 15) is 9.59 Å². The Balaban J connectivity index is 1.46. The molecule has 0 bridgehead atoms. The van der Waals surface area contributed by atoms with Crippen LogP contribution in [0.3, 0.4) is 0 Å². The summed E-state index contributed by atoms with van der Waals surface area (Å²) in [4.78, 5) is 30.3. The van der Waals surface area contributed by atoms with Gasteiger partial charge >= 0.3 is 0 Å². The number of carbonyl (C=O) groups excluding carboxylic acids is 2. The molecule has 194 valence electrons. The number of anilines is 3. The molecule has 0 atom stereocenters. The summed E-state index contributed by atoms with van der Waals surface area (Å²) in [5.74, 6) is 0.675. The maximum atomic E-state index is 13.1. The Kier molecular flexibility index (Phi) is 9.03. The predicted molar refractivity (Wildman–Crippen MR) is 150 cm³/mol. The Morgan fingerprint density at radius 2 is 1.54 bits per heavy atom. The van der Waals surface area contributed by atoms with Crippen LogP contribution >= 0.6 is 0 Å². The molecular formula is C30H36N4O3. The number of benzene rings is 3. The number of methoxy groups -OCH3 is 1. The fourth-order valence-electron chi connectivity index (χ4n) is 4.61. The highest BCUT2D eigenvalue weighted by molar-refractivity contribution is 6.02. The van der Waals surface area contributed by atoms with E-state index in [-0.39, 0.29) is 11.8 Å². The molecule has 7 heteroatoms. The van der Waals surface area contributed by atoms with E-state index in [2.05, 4.69) is 26.5 Å². The number of para-hydroxylation sites is 2. The van der Waals surface area contributed by atoms with Crippen molar-refractivity contribution >= 4 is 28.9 Å². The van der Waals surface area contributed by atoms with Gasteiger partial charge in [0.2, 0.25) is 5.91 Å². The third kappa shape index (κ3) is 6.82. The van der Waals surface area contributed by atoms with E-state index in [0.29, 0.717) is 30.6 Å². The van der Waals surface area contributed by atoms with Gasteiger partial charge in [-0.2, -0.15) is 0 Å². The first-order chi connectivity index (χ1) is 18.1. The van der Waals surface area contributed by atoms with E-state index < -0.39 is 0 Å². The third-order valence-electron chi connectivity index (χ3n) is 6.59. The topological polar surface area (TPSA) is 73.9 Å². The van der Waals surface area contributed by atoms with Crippen molar-refractivity contribution in [3.8, 4) is 5.75 Å². The highest BCUT2D eigenvalue weighted by Gasteiger charge is 2.23. The van der Waals surface area contributed by atoms with Crippen LogP contribution in [-0.2, 0) is 11.2 Å². The second-order valence-electron chi connectivity index (χ2n) is 9.17. The van der Waals surface area contributed by atoms with Gasteiger partial charge in [0.1, 0.15) is 5.75 Å². The molecule has 7 nitrogen and oxygen atoms in total. The fraction of sp³-hybridized carbons (Fsp3) is 0.333.